The van der Waals surface area contributed by atoms with E-state index >= 15 is 0 Å². The Morgan fingerprint density at radius 2 is 2.04 bits per heavy atom. The average molecular weight is 361 g/mol. The Bertz CT molecular complexity index is 1040. The number of hydrogen-bond donors (Lipinski definition) is 1. The van der Waals surface area contributed by atoms with Crippen molar-refractivity contribution in [2.24, 2.45) is 0 Å². The van der Waals surface area contributed by atoms with Crippen LogP contribution in [0.5, 0.6) is 0 Å². The van der Waals surface area contributed by atoms with Crippen LogP contribution in [0.2, 0.25) is 0 Å². The van der Waals surface area contributed by atoms with E-state index in [-0.39, 0.29) is 5.91 Å². The molecule has 4 aromatic rings. The van der Waals surface area contributed by atoms with Gasteiger partial charge in [0.15, 0.2) is 0 Å². The van der Waals surface area contributed by atoms with E-state index in [0.717, 1.165) is 34.0 Å². The molecule has 1 N–H and O–H groups in total. The van der Waals surface area contributed by atoms with Gasteiger partial charge in [-0.1, -0.05) is 17.3 Å². The van der Waals surface area contributed by atoms with E-state index in [4.69, 9.17) is 4.52 Å². The molecule has 3 heterocycles. The molecular weight excluding hydrogens is 342 g/mol. The Hall–Kier alpha value is -3.48. The minimum absolute atomic E-state index is 0.0420. The number of nitrogens with one attached hydrogen (secondary N) is 1. The summed E-state index contributed by atoms with van der Waals surface area (Å²) in [4.78, 5) is 20.9. The normalized spacial score (nSPS) is 11.0. The fourth-order valence-corrected chi connectivity index (χ4v) is 3.01. The Morgan fingerprint density at radius 3 is 2.74 bits per heavy atom. The molecule has 0 aliphatic carbocycles. The highest BCUT2D eigenvalue weighted by molar-refractivity contribution is 5.91. The smallest absolute Gasteiger partial charge is 0.234 e. The predicted molar refractivity (Wildman–Crippen MR) is 101 cm³/mol. The summed E-state index contributed by atoms with van der Waals surface area (Å²) in [5.41, 5.74) is 4.40. The molecule has 0 fully saturated rings. The molecule has 7 nitrogen and oxygen atoms in total. The molecule has 0 aliphatic rings. The molecule has 7 heteroatoms. The predicted octanol–water partition coefficient (Wildman–Crippen LogP) is 3.57. The summed E-state index contributed by atoms with van der Waals surface area (Å²) in [5.74, 6) is 1.38. The van der Waals surface area contributed by atoms with Crippen LogP contribution >= 0.6 is 0 Å². The van der Waals surface area contributed by atoms with Gasteiger partial charge in [-0.3, -0.25) is 9.20 Å². The molecule has 3 aromatic heterocycles. The van der Waals surface area contributed by atoms with E-state index in [1.54, 1.807) is 6.20 Å². The van der Waals surface area contributed by atoms with Gasteiger partial charge in [0.1, 0.15) is 5.76 Å². The number of imidazole rings is 1. The summed E-state index contributed by atoms with van der Waals surface area (Å²) in [6, 6.07) is 9.48. The van der Waals surface area contributed by atoms with Crippen molar-refractivity contribution >= 4 is 17.4 Å². The lowest BCUT2D eigenvalue weighted by molar-refractivity contribution is -0.116. The van der Waals surface area contributed by atoms with Crippen molar-refractivity contribution in [1.82, 2.24) is 19.5 Å². The Kier molecular flexibility index (Phi) is 4.42. The highest BCUT2D eigenvalue weighted by atomic mass is 16.5. The number of nitrogens with zero attached hydrogens (tertiary/aromatic N) is 4. The largest absolute Gasteiger partial charge is 0.361 e. The zero-order valence-corrected chi connectivity index (χ0v) is 15.1. The van der Waals surface area contributed by atoms with E-state index in [9.17, 15) is 4.79 Å². The number of amides is 1. The van der Waals surface area contributed by atoms with E-state index in [0.29, 0.717) is 18.6 Å². The number of rotatable bonds is 5. The third kappa shape index (κ3) is 3.57. The maximum Gasteiger partial charge on any atom is 0.234 e. The second kappa shape index (κ2) is 7.03. The van der Waals surface area contributed by atoms with Crippen LogP contribution in [0.25, 0.3) is 17.0 Å². The van der Waals surface area contributed by atoms with Gasteiger partial charge in [-0.25, -0.2) is 9.97 Å². The first kappa shape index (κ1) is 17.0. The second-order valence-corrected chi connectivity index (χ2v) is 6.38. The van der Waals surface area contributed by atoms with E-state index in [1.807, 2.05) is 61.0 Å². The zero-order chi connectivity index (χ0) is 18.8. The zero-order valence-electron chi connectivity index (χ0n) is 15.1. The van der Waals surface area contributed by atoms with Gasteiger partial charge in [0.05, 0.1) is 11.4 Å². The molecule has 0 spiro atoms. The molecule has 1 aromatic carbocycles. The van der Waals surface area contributed by atoms with Gasteiger partial charge in [0, 0.05) is 41.8 Å². The third-order valence-corrected chi connectivity index (χ3v) is 4.48. The van der Waals surface area contributed by atoms with E-state index < -0.39 is 0 Å². The topological polar surface area (TPSA) is 85.3 Å². The first-order valence-corrected chi connectivity index (χ1v) is 8.72. The highest BCUT2D eigenvalue weighted by Gasteiger charge is 2.11. The number of carbonyl (C=O) groups is 1. The van der Waals surface area contributed by atoms with Gasteiger partial charge in [-0.2, -0.15) is 0 Å². The maximum atomic E-state index is 12.2. The van der Waals surface area contributed by atoms with Crippen LogP contribution in [0.3, 0.4) is 0 Å². The quantitative estimate of drug-likeness (QED) is 0.587. The molecule has 0 saturated carbocycles. The van der Waals surface area contributed by atoms with Crippen molar-refractivity contribution in [2.75, 3.05) is 5.32 Å². The number of benzene rings is 1. The number of hydrogen-bond acceptors (Lipinski definition) is 5. The summed E-state index contributed by atoms with van der Waals surface area (Å²) in [6.07, 6.45) is 6.54. The standard InChI is InChI=1S/C20H19N5O2/c1-13-17(14(2)27-24-13)8-9-19(26)22-16-6-4-15(5-7-16)18-12-25-11-3-10-21-20(25)23-18/h3-7,10-12H,8-9H2,1-2H3,(H,22,26). The van der Waals surface area contributed by atoms with E-state index in [1.165, 1.54) is 0 Å². The van der Waals surface area contributed by atoms with Crippen molar-refractivity contribution in [3.63, 3.8) is 0 Å². The minimum Gasteiger partial charge on any atom is -0.361 e. The molecule has 0 aliphatic heterocycles. The SMILES string of the molecule is Cc1noc(C)c1CCC(=O)Nc1ccc(-c2cn3cccnc3n2)cc1. The third-order valence-electron chi connectivity index (χ3n) is 4.48. The molecular formula is C20H19N5O2. The Labute approximate surface area is 156 Å². The number of anilines is 1. The van der Waals surface area contributed by atoms with Crippen LogP contribution < -0.4 is 5.32 Å². The lowest BCUT2D eigenvalue weighted by atomic mass is 10.1. The summed E-state index contributed by atoms with van der Waals surface area (Å²) >= 11 is 0. The number of aryl methyl sites for hydroxylation is 2. The molecule has 27 heavy (non-hydrogen) atoms. The van der Waals surface area contributed by atoms with Crippen LogP contribution in [0.4, 0.5) is 5.69 Å². The molecule has 0 unspecified atom stereocenters. The van der Waals surface area contributed by atoms with Crippen LogP contribution in [0.15, 0.2) is 53.4 Å². The Morgan fingerprint density at radius 1 is 1.22 bits per heavy atom. The fraction of sp³-hybridized carbons (Fsp3) is 0.200. The van der Waals surface area contributed by atoms with Crippen molar-refractivity contribution in [1.29, 1.82) is 0 Å². The summed E-state index contributed by atoms with van der Waals surface area (Å²) in [7, 11) is 0. The van der Waals surface area contributed by atoms with Crippen LogP contribution in [-0.4, -0.2) is 25.4 Å². The molecule has 0 radical (unpaired) electrons. The molecule has 136 valence electrons. The molecule has 1 amide bonds. The fourth-order valence-electron chi connectivity index (χ4n) is 3.01. The van der Waals surface area contributed by atoms with Crippen molar-refractivity contribution in [3.05, 3.63) is 65.9 Å². The molecule has 0 atom stereocenters. The average Bonchev–Trinajstić information content (AvgIpc) is 3.24. The van der Waals surface area contributed by atoms with Gasteiger partial charge in [0.2, 0.25) is 11.7 Å². The number of aromatic nitrogens is 4. The minimum atomic E-state index is -0.0420. The second-order valence-electron chi connectivity index (χ2n) is 6.38. The summed E-state index contributed by atoms with van der Waals surface area (Å²) in [5, 5.41) is 6.83. The van der Waals surface area contributed by atoms with Gasteiger partial charge in [-0.05, 0) is 38.5 Å². The highest BCUT2D eigenvalue weighted by Crippen LogP contribution is 2.21. The molecule has 0 saturated heterocycles. The molecule has 0 bridgehead atoms. The van der Waals surface area contributed by atoms with Crippen LogP contribution in [0, 0.1) is 13.8 Å². The van der Waals surface area contributed by atoms with Gasteiger partial charge >= 0.3 is 0 Å². The van der Waals surface area contributed by atoms with Crippen LogP contribution in [0.1, 0.15) is 23.4 Å². The number of fused-ring (bicyclic) bond motifs is 1. The summed E-state index contributed by atoms with van der Waals surface area (Å²) in [6.45, 7) is 3.75. The van der Waals surface area contributed by atoms with Crippen molar-refractivity contribution in [2.45, 2.75) is 26.7 Å². The van der Waals surface area contributed by atoms with Crippen LogP contribution in [-0.2, 0) is 11.2 Å². The summed E-state index contributed by atoms with van der Waals surface area (Å²) < 4.78 is 7.00. The van der Waals surface area contributed by atoms with Crippen molar-refractivity contribution in [3.8, 4) is 11.3 Å². The number of carbonyl (C=O) groups excluding carboxylic acids is 1. The van der Waals surface area contributed by atoms with Gasteiger partial charge in [-0.15, -0.1) is 0 Å². The first-order valence-electron chi connectivity index (χ1n) is 8.72. The van der Waals surface area contributed by atoms with Gasteiger partial charge < -0.3 is 9.84 Å². The monoisotopic (exact) mass is 361 g/mol. The molecule has 4 rings (SSSR count). The lowest BCUT2D eigenvalue weighted by Crippen LogP contribution is -2.12. The first-order chi connectivity index (χ1) is 13.1. The van der Waals surface area contributed by atoms with E-state index in [2.05, 4.69) is 20.4 Å². The lowest BCUT2D eigenvalue weighted by Gasteiger charge is -2.06. The maximum absolute atomic E-state index is 12.2. The van der Waals surface area contributed by atoms with Gasteiger partial charge in [0.25, 0.3) is 0 Å². The Balaban J connectivity index is 1.40. The van der Waals surface area contributed by atoms with Crippen molar-refractivity contribution < 1.29 is 9.32 Å².